The summed E-state index contributed by atoms with van der Waals surface area (Å²) in [5.74, 6) is 0.670. The third-order valence-electron chi connectivity index (χ3n) is 2.11. The summed E-state index contributed by atoms with van der Waals surface area (Å²) < 4.78 is 6.14. The minimum absolute atomic E-state index is 0.191. The third kappa shape index (κ3) is 2.76. The van der Waals surface area contributed by atoms with E-state index in [0.717, 1.165) is 10.0 Å². The van der Waals surface area contributed by atoms with E-state index in [2.05, 4.69) is 31.4 Å². The lowest BCUT2D eigenvalue weighted by Gasteiger charge is -1.97. The number of hydrogen-bond acceptors (Lipinski definition) is 5. The summed E-state index contributed by atoms with van der Waals surface area (Å²) in [5, 5.41) is 12.8. The van der Waals surface area contributed by atoms with Crippen LogP contribution in [0.1, 0.15) is 17.1 Å². The summed E-state index contributed by atoms with van der Waals surface area (Å²) in [4.78, 5) is 3.90. The number of nitrogens with zero attached hydrogens (tertiary/aromatic N) is 3. The molecule has 90 valence electrons. The molecule has 6 heteroatoms. The first-order valence-corrected chi connectivity index (χ1v) is 5.91. The zero-order chi connectivity index (χ0) is 13.0. The quantitative estimate of drug-likeness (QED) is 0.698. The standard InChI is InChI=1S/C12H9BrN4O/c1-8-16-11(6-14)12(18-8)17-15-7-9-4-2-3-5-10(9)13/h2-5,7,17H,1H3/b15-7+. The van der Waals surface area contributed by atoms with Crippen molar-refractivity contribution in [2.24, 2.45) is 5.10 Å². The van der Waals surface area contributed by atoms with Gasteiger partial charge < -0.3 is 4.42 Å². The van der Waals surface area contributed by atoms with Gasteiger partial charge >= 0.3 is 0 Å². The predicted octanol–water partition coefficient (Wildman–Crippen LogP) is 3.06. The molecule has 2 rings (SSSR count). The Balaban J connectivity index is 2.13. The van der Waals surface area contributed by atoms with Crippen molar-refractivity contribution in [2.45, 2.75) is 6.92 Å². The van der Waals surface area contributed by atoms with Crippen LogP contribution in [0.2, 0.25) is 0 Å². The van der Waals surface area contributed by atoms with Gasteiger partial charge in [0.05, 0.1) is 6.21 Å². The number of aromatic nitrogens is 1. The topological polar surface area (TPSA) is 74.2 Å². The van der Waals surface area contributed by atoms with Crippen molar-refractivity contribution in [2.75, 3.05) is 5.43 Å². The van der Waals surface area contributed by atoms with Crippen LogP contribution in [0.5, 0.6) is 0 Å². The normalized spacial score (nSPS) is 10.5. The minimum atomic E-state index is 0.191. The molecule has 0 saturated carbocycles. The number of nitriles is 1. The smallest absolute Gasteiger partial charge is 0.252 e. The Morgan fingerprint density at radius 2 is 2.28 bits per heavy atom. The fraction of sp³-hybridized carbons (Fsp3) is 0.0833. The van der Waals surface area contributed by atoms with E-state index in [-0.39, 0.29) is 11.6 Å². The van der Waals surface area contributed by atoms with Crippen LogP contribution < -0.4 is 5.43 Å². The molecule has 1 aromatic carbocycles. The number of hydrazone groups is 1. The predicted molar refractivity (Wildman–Crippen MR) is 71.3 cm³/mol. The number of hydrogen-bond donors (Lipinski definition) is 1. The molecule has 0 aliphatic carbocycles. The second kappa shape index (κ2) is 5.47. The van der Waals surface area contributed by atoms with E-state index >= 15 is 0 Å². The molecule has 0 aliphatic rings. The summed E-state index contributed by atoms with van der Waals surface area (Å²) in [5.41, 5.74) is 3.77. The number of rotatable bonds is 3. The lowest BCUT2D eigenvalue weighted by Crippen LogP contribution is -1.92. The van der Waals surface area contributed by atoms with Gasteiger partial charge in [0, 0.05) is 17.0 Å². The zero-order valence-corrected chi connectivity index (χ0v) is 11.1. The van der Waals surface area contributed by atoms with E-state index in [1.165, 1.54) is 0 Å². The van der Waals surface area contributed by atoms with Crippen LogP contribution in [0.4, 0.5) is 5.88 Å². The maximum Gasteiger partial charge on any atom is 0.252 e. The van der Waals surface area contributed by atoms with Gasteiger partial charge in [-0.3, -0.25) is 0 Å². The number of anilines is 1. The highest BCUT2D eigenvalue weighted by molar-refractivity contribution is 9.10. The van der Waals surface area contributed by atoms with Crippen molar-refractivity contribution in [1.82, 2.24) is 4.98 Å². The molecule has 0 bridgehead atoms. The Morgan fingerprint density at radius 3 is 3.00 bits per heavy atom. The Hall–Kier alpha value is -2.13. The van der Waals surface area contributed by atoms with Gasteiger partial charge in [-0.25, -0.2) is 10.4 Å². The van der Waals surface area contributed by atoms with E-state index in [1.54, 1.807) is 13.1 Å². The van der Waals surface area contributed by atoms with Crippen LogP contribution in [-0.4, -0.2) is 11.2 Å². The Labute approximate surface area is 112 Å². The molecule has 0 fully saturated rings. The van der Waals surface area contributed by atoms with Gasteiger partial charge in [0.1, 0.15) is 6.07 Å². The molecule has 1 N–H and O–H groups in total. The molecule has 2 aromatic rings. The molecule has 5 nitrogen and oxygen atoms in total. The summed E-state index contributed by atoms with van der Waals surface area (Å²) >= 11 is 3.41. The first kappa shape index (κ1) is 12.3. The van der Waals surface area contributed by atoms with Gasteiger partial charge in [-0.2, -0.15) is 10.4 Å². The number of nitrogens with one attached hydrogen (secondary N) is 1. The summed E-state index contributed by atoms with van der Waals surface area (Å²) in [6.45, 7) is 1.67. The van der Waals surface area contributed by atoms with Crippen molar-refractivity contribution in [3.8, 4) is 6.07 Å². The highest BCUT2D eigenvalue weighted by Crippen LogP contribution is 2.16. The Bertz CT molecular complexity index is 627. The zero-order valence-electron chi connectivity index (χ0n) is 9.51. The van der Waals surface area contributed by atoms with Crippen molar-refractivity contribution in [3.05, 3.63) is 45.9 Å². The average molecular weight is 305 g/mol. The van der Waals surface area contributed by atoms with Crippen molar-refractivity contribution in [3.63, 3.8) is 0 Å². The first-order valence-electron chi connectivity index (χ1n) is 5.12. The summed E-state index contributed by atoms with van der Waals surface area (Å²) in [6, 6.07) is 9.58. The third-order valence-corrected chi connectivity index (χ3v) is 2.84. The highest BCUT2D eigenvalue weighted by atomic mass is 79.9. The molecule has 1 heterocycles. The van der Waals surface area contributed by atoms with Crippen LogP contribution in [-0.2, 0) is 0 Å². The summed E-state index contributed by atoms with van der Waals surface area (Å²) in [7, 11) is 0. The van der Waals surface area contributed by atoms with E-state index in [9.17, 15) is 0 Å². The van der Waals surface area contributed by atoms with Crippen LogP contribution in [0.25, 0.3) is 0 Å². The number of benzene rings is 1. The monoisotopic (exact) mass is 304 g/mol. The van der Waals surface area contributed by atoms with Crippen molar-refractivity contribution < 1.29 is 4.42 Å². The van der Waals surface area contributed by atoms with E-state index < -0.39 is 0 Å². The summed E-state index contributed by atoms with van der Waals surface area (Å²) in [6.07, 6.45) is 1.63. The fourth-order valence-electron chi connectivity index (χ4n) is 1.32. The molecule has 0 unspecified atom stereocenters. The van der Waals surface area contributed by atoms with Gasteiger partial charge in [0.25, 0.3) is 5.88 Å². The van der Waals surface area contributed by atoms with Crippen LogP contribution in [0.15, 0.2) is 38.3 Å². The van der Waals surface area contributed by atoms with Crippen LogP contribution >= 0.6 is 15.9 Å². The van der Waals surface area contributed by atoms with Crippen LogP contribution in [0, 0.1) is 18.3 Å². The molecule has 18 heavy (non-hydrogen) atoms. The maximum absolute atomic E-state index is 8.82. The molecule has 0 spiro atoms. The van der Waals surface area contributed by atoms with Gasteiger partial charge in [-0.15, -0.1) is 0 Å². The Morgan fingerprint density at radius 1 is 1.50 bits per heavy atom. The highest BCUT2D eigenvalue weighted by Gasteiger charge is 2.08. The second-order valence-electron chi connectivity index (χ2n) is 3.41. The molecule has 1 aromatic heterocycles. The maximum atomic E-state index is 8.82. The van der Waals surface area contributed by atoms with E-state index in [0.29, 0.717) is 5.89 Å². The van der Waals surface area contributed by atoms with Gasteiger partial charge in [0.15, 0.2) is 5.89 Å². The lowest BCUT2D eigenvalue weighted by molar-refractivity contribution is 0.533. The molecule has 0 aliphatic heterocycles. The SMILES string of the molecule is Cc1nc(C#N)c(N/N=C/c2ccccc2Br)o1. The number of halogens is 1. The molecule has 0 amide bonds. The van der Waals surface area contributed by atoms with E-state index in [4.69, 9.17) is 9.68 Å². The first-order chi connectivity index (χ1) is 8.70. The second-order valence-corrected chi connectivity index (χ2v) is 4.27. The van der Waals surface area contributed by atoms with Crippen molar-refractivity contribution in [1.29, 1.82) is 5.26 Å². The molecule has 0 saturated heterocycles. The molecule has 0 radical (unpaired) electrons. The van der Waals surface area contributed by atoms with Crippen molar-refractivity contribution >= 4 is 28.0 Å². The van der Waals surface area contributed by atoms with Gasteiger partial charge in [-0.05, 0) is 6.07 Å². The molecular weight excluding hydrogens is 296 g/mol. The minimum Gasteiger partial charge on any atom is -0.422 e. The average Bonchev–Trinajstić information content (AvgIpc) is 2.72. The number of aryl methyl sites for hydroxylation is 1. The fourth-order valence-corrected chi connectivity index (χ4v) is 1.71. The van der Waals surface area contributed by atoms with Crippen LogP contribution in [0.3, 0.4) is 0 Å². The molecular formula is C12H9BrN4O. The van der Waals surface area contributed by atoms with Gasteiger partial charge in [-0.1, -0.05) is 34.1 Å². The molecule has 0 atom stereocenters. The Kier molecular flexibility index (Phi) is 3.75. The van der Waals surface area contributed by atoms with E-state index in [1.807, 2.05) is 30.3 Å². The number of oxazole rings is 1. The lowest BCUT2D eigenvalue weighted by atomic mass is 10.2. The largest absolute Gasteiger partial charge is 0.422 e. The van der Waals surface area contributed by atoms with Gasteiger partial charge in [0.2, 0.25) is 5.69 Å².